The van der Waals surface area contributed by atoms with Gasteiger partial charge >= 0.3 is 0 Å². The molecule has 0 spiro atoms. The molecule has 0 fully saturated rings. The number of benzene rings is 1. The van der Waals surface area contributed by atoms with E-state index >= 15 is 0 Å². The second-order valence-electron chi connectivity index (χ2n) is 4.71. The molecule has 1 amide bonds. The molecule has 0 unspecified atom stereocenters. The van der Waals surface area contributed by atoms with Gasteiger partial charge in [0.25, 0.3) is 0 Å². The molecule has 7 heteroatoms. The Labute approximate surface area is 127 Å². The van der Waals surface area contributed by atoms with Crippen molar-refractivity contribution in [3.05, 3.63) is 48.9 Å². The van der Waals surface area contributed by atoms with Crippen LogP contribution in [0, 0.1) is 0 Å². The number of rotatable bonds is 5. The van der Waals surface area contributed by atoms with Crippen LogP contribution in [0.3, 0.4) is 0 Å². The number of nitrogens with one attached hydrogen (secondary N) is 1. The van der Waals surface area contributed by atoms with Gasteiger partial charge in [-0.3, -0.25) is 4.79 Å². The second kappa shape index (κ2) is 6.21. The minimum absolute atomic E-state index is 0.168. The third-order valence-corrected chi connectivity index (χ3v) is 3.15. The van der Waals surface area contributed by atoms with Crippen LogP contribution in [0.5, 0.6) is 0 Å². The van der Waals surface area contributed by atoms with Gasteiger partial charge in [-0.2, -0.15) is 9.90 Å². The number of anilines is 1. The predicted octanol–water partition coefficient (Wildman–Crippen LogP) is 1.80. The van der Waals surface area contributed by atoms with Crippen LogP contribution >= 0.6 is 0 Å². The van der Waals surface area contributed by atoms with Crippen LogP contribution in [0.1, 0.15) is 6.92 Å². The third-order valence-electron chi connectivity index (χ3n) is 3.15. The summed E-state index contributed by atoms with van der Waals surface area (Å²) in [5, 5.41) is 10.9. The zero-order valence-electron chi connectivity index (χ0n) is 12.2. The van der Waals surface area contributed by atoms with E-state index in [4.69, 9.17) is 0 Å². The van der Waals surface area contributed by atoms with E-state index < -0.39 is 0 Å². The summed E-state index contributed by atoms with van der Waals surface area (Å²) in [4.78, 5) is 18.0. The number of carbonyl (C=O) groups excluding carboxylic acids is 1. The monoisotopic (exact) mass is 296 g/mol. The third kappa shape index (κ3) is 3.03. The van der Waals surface area contributed by atoms with Crippen molar-refractivity contribution in [1.29, 1.82) is 0 Å². The highest BCUT2D eigenvalue weighted by Crippen LogP contribution is 2.16. The summed E-state index contributed by atoms with van der Waals surface area (Å²) in [5.41, 5.74) is 0.970. The summed E-state index contributed by atoms with van der Waals surface area (Å²) in [5.74, 6) is 1.04. The minimum atomic E-state index is -0.168. The molecule has 0 aliphatic rings. The fourth-order valence-electron chi connectivity index (χ4n) is 2.13. The molecule has 0 aliphatic heterocycles. The molecular formula is C15H16N6O. The van der Waals surface area contributed by atoms with E-state index in [9.17, 15) is 4.79 Å². The topological polar surface area (TPSA) is 77.6 Å². The molecule has 3 aromatic rings. The van der Waals surface area contributed by atoms with Crippen LogP contribution in [0.25, 0.3) is 11.4 Å². The molecule has 3 rings (SSSR count). The van der Waals surface area contributed by atoms with Crippen molar-refractivity contribution in [3.63, 3.8) is 0 Å². The van der Waals surface area contributed by atoms with Crippen LogP contribution in [0.15, 0.2) is 48.9 Å². The van der Waals surface area contributed by atoms with Crippen LogP contribution in [-0.4, -0.2) is 30.5 Å². The predicted molar refractivity (Wildman–Crippen MR) is 82.0 cm³/mol. The molecule has 1 aromatic carbocycles. The zero-order valence-corrected chi connectivity index (χ0v) is 12.2. The smallest absolute Gasteiger partial charge is 0.245 e. The highest BCUT2D eigenvalue weighted by molar-refractivity contribution is 5.89. The van der Waals surface area contributed by atoms with Gasteiger partial charge in [0.1, 0.15) is 12.4 Å². The van der Waals surface area contributed by atoms with Gasteiger partial charge < -0.3 is 9.88 Å². The van der Waals surface area contributed by atoms with Crippen LogP contribution < -0.4 is 5.32 Å². The van der Waals surface area contributed by atoms with Crippen molar-refractivity contribution < 1.29 is 4.79 Å². The standard InChI is InChI=1S/C15H16N6O/c1-2-21-17-10-13(19-21)18-14(22)11-20-9-8-16-15(20)12-6-4-3-5-7-12/h3-10H,2,11H2,1H3,(H,18,19,22). The van der Waals surface area contributed by atoms with Gasteiger partial charge in [0, 0.05) is 18.0 Å². The van der Waals surface area contributed by atoms with Gasteiger partial charge in [-0.05, 0) is 6.92 Å². The molecule has 0 saturated heterocycles. The fourth-order valence-corrected chi connectivity index (χ4v) is 2.13. The average Bonchev–Trinajstić information content (AvgIpc) is 3.17. The van der Waals surface area contributed by atoms with E-state index in [-0.39, 0.29) is 12.5 Å². The van der Waals surface area contributed by atoms with Crippen molar-refractivity contribution in [1.82, 2.24) is 24.5 Å². The maximum atomic E-state index is 12.1. The number of aryl methyl sites for hydroxylation is 1. The van der Waals surface area contributed by atoms with E-state index in [0.717, 1.165) is 11.4 Å². The molecule has 112 valence electrons. The van der Waals surface area contributed by atoms with Gasteiger partial charge in [-0.25, -0.2) is 4.98 Å². The van der Waals surface area contributed by atoms with Gasteiger partial charge in [-0.1, -0.05) is 30.3 Å². The summed E-state index contributed by atoms with van der Waals surface area (Å²) in [6, 6.07) is 9.75. The molecule has 0 saturated carbocycles. The number of hydrogen-bond acceptors (Lipinski definition) is 4. The van der Waals surface area contributed by atoms with E-state index in [1.165, 1.54) is 11.0 Å². The van der Waals surface area contributed by atoms with Crippen molar-refractivity contribution in [2.75, 3.05) is 5.32 Å². The highest BCUT2D eigenvalue weighted by Gasteiger charge is 2.10. The minimum Gasteiger partial charge on any atom is -0.322 e. The van der Waals surface area contributed by atoms with E-state index in [1.54, 1.807) is 17.0 Å². The summed E-state index contributed by atoms with van der Waals surface area (Å²) in [6.45, 7) is 2.77. The Morgan fingerprint density at radius 1 is 1.27 bits per heavy atom. The summed E-state index contributed by atoms with van der Waals surface area (Å²) < 4.78 is 1.80. The van der Waals surface area contributed by atoms with Crippen molar-refractivity contribution in [3.8, 4) is 11.4 Å². The van der Waals surface area contributed by atoms with Gasteiger partial charge in [0.05, 0.1) is 12.7 Å². The number of imidazole rings is 1. The Morgan fingerprint density at radius 2 is 2.09 bits per heavy atom. The molecule has 0 aliphatic carbocycles. The number of carbonyl (C=O) groups is 1. The summed E-state index contributed by atoms with van der Waals surface area (Å²) in [7, 11) is 0. The lowest BCUT2D eigenvalue weighted by atomic mass is 10.2. The SMILES string of the molecule is CCn1ncc(NC(=O)Cn2ccnc2-c2ccccc2)n1. The van der Waals surface area contributed by atoms with Crippen LogP contribution in [-0.2, 0) is 17.9 Å². The molecule has 0 atom stereocenters. The first-order chi connectivity index (χ1) is 10.8. The van der Waals surface area contributed by atoms with E-state index in [0.29, 0.717) is 12.4 Å². The molecule has 2 heterocycles. The molecular weight excluding hydrogens is 280 g/mol. The fraction of sp³-hybridized carbons (Fsp3) is 0.200. The summed E-state index contributed by atoms with van der Waals surface area (Å²) >= 11 is 0. The number of nitrogens with zero attached hydrogens (tertiary/aromatic N) is 5. The normalized spacial score (nSPS) is 10.6. The van der Waals surface area contributed by atoms with Gasteiger partial charge in [0.15, 0.2) is 5.82 Å². The van der Waals surface area contributed by atoms with Gasteiger partial charge in [-0.15, -0.1) is 5.10 Å². The largest absolute Gasteiger partial charge is 0.322 e. The molecule has 1 N–H and O–H groups in total. The van der Waals surface area contributed by atoms with Crippen molar-refractivity contribution in [2.24, 2.45) is 0 Å². The number of aromatic nitrogens is 5. The molecule has 7 nitrogen and oxygen atoms in total. The van der Waals surface area contributed by atoms with E-state index in [2.05, 4.69) is 20.5 Å². The first-order valence-electron chi connectivity index (χ1n) is 7.03. The first kappa shape index (κ1) is 14.0. The Morgan fingerprint density at radius 3 is 2.82 bits per heavy atom. The Bertz CT molecular complexity index is 761. The highest BCUT2D eigenvalue weighted by atomic mass is 16.2. The lowest BCUT2D eigenvalue weighted by Gasteiger charge is -2.07. The van der Waals surface area contributed by atoms with Crippen molar-refractivity contribution in [2.45, 2.75) is 20.0 Å². The van der Waals surface area contributed by atoms with E-state index in [1.807, 2.05) is 37.3 Å². The number of amides is 1. The maximum absolute atomic E-state index is 12.1. The second-order valence-corrected chi connectivity index (χ2v) is 4.71. The number of hydrogen-bond donors (Lipinski definition) is 1. The molecule has 22 heavy (non-hydrogen) atoms. The lowest BCUT2D eigenvalue weighted by molar-refractivity contribution is -0.116. The molecule has 0 radical (unpaired) electrons. The van der Waals surface area contributed by atoms with Crippen LogP contribution in [0.2, 0.25) is 0 Å². The Balaban J connectivity index is 1.71. The lowest BCUT2D eigenvalue weighted by Crippen LogP contribution is -2.19. The quantitative estimate of drug-likeness (QED) is 0.778. The van der Waals surface area contributed by atoms with Crippen molar-refractivity contribution >= 4 is 11.7 Å². The Hall–Kier alpha value is -2.96. The Kier molecular flexibility index (Phi) is 3.95. The summed E-state index contributed by atoms with van der Waals surface area (Å²) in [6.07, 6.45) is 5.00. The first-order valence-corrected chi connectivity index (χ1v) is 7.03. The van der Waals surface area contributed by atoms with Gasteiger partial charge in [0.2, 0.25) is 5.91 Å². The average molecular weight is 296 g/mol. The van der Waals surface area contributed by atoms with Crippen LogP contribution in [0.4, 0.5) is 5.82 Å². The maximum Gasteiger partial charge on any atom is 0.245 e. The molecule has 0 bridgehead atoms. The zero-order chi connectivity index (χ0) is 15.4. The molecule has 2 aromatic heterocycles.